The predicted octanol–water partition coefficient (Wildman–Crippen LogP) is 9.23. The zero-order chi connectivity index (χ0) is 56.2. The highest BCUT2D eigenvalue weighted by Gasteiger charge is 2.48. The number of fused-ring (bicyclic) bond motifs is 2. The van der Waals surface area contributed by atoms with Crippen LogP contribution in [-0.4, -0.2) is 148 Å². The molecule has 0 N–H and O–H groups in total. The average molecular weight is 1100 g/mol. The Morgan fingerprint density at radius 3 is 1.65 bits per heavy atom. The number of ether oxygens (including phenoxy) is 6. The van der Waals surface area contributed by atoms with Crippen molar-refractivity contribution in [3.63, 3.8) is 0 Å². The van der Waals surface area contributed by atoms with Crippen LogP contribution in [0.4, 0.5) is 26.3 Å². The monoisotopic (exact) mass is 1100 g/mol. The Morgan fingerprint density at radius 1 is 0.654 bits per heavy atom. The zero-order valence-corrected chi connectivity index (χ0v) is 44.4. The van der Waals surface area contributed by atoms with Crippen LogP contribution < -0.4 is 9.47 Å². The Hall–Kier alpha value is -6.62. The number of morpholine rings is 2. The van der Waals surface area contributed by atoms with Gasteiger partial charge in [-0.15, -0.1) is 0 Å². The van der Waals surface area contributed by atoms with Gasteiger partial charge in [-0.3, -0.25) is 19.4 Å². The largest absolute Gasteiger partial charge is 0.492 e. The first-order valence-corrected chi connectivity index (χ1v) is 25.8. The summed E-state index contributed by atoms with van der Waals surface area (Å²) in [7, 11) is 0. The molecule has 4 aliphatic heterocycles. The van der Waals surface area contributed by atoms with Gasteiger partial charge in [0, 0.05) is 97.8 Å². The van der Waals surface area contributed by atoms with E-state index < -0.39 is 81.6 Å². The number of benzene rings is 2. The predicted molar refractivity (Wildman–Crippen MR) is 270 cm³/mol. The molecular formula is C56H64F6N4O12. The molecule has 2 saturated heterocycles. The van der Waals surface area contributed by atoms with Crippen molar-refractivity contribution >= 4 is 34.9 Å². The molecule has 0 saturated carbocycles. The Morgan fingerprint density at radius 2 is 1.15 bits per heavy atom. The number of carbonyl (C=O) groups excluding carboxylic acids is 4. The van der Waals surface area contributed by atoms with Crippen LogP contribution in [0.15, 0.2) is 82.1 Å². The minimum absolute atomic E-state index is 0.143. The highest BCUT2D eigenvalue weighted by molar-refractivity contribution is 6.19. The molecule has 6 heterocycles. The fourth-order valence-corrected chi connectivity index (χ4v) is 9.82. The van der Waals surface area contributed by atoms with Gasteiger partial charge in [0.2, 0.25) is 5.76 Å². The van der Waals surface area contributed by atoms with E-state index in [1.54, 1.807) is 52.0 Å². The topological polar surface area (TPSA) is 163 Å². The number of esters is 2. The van der Waals surface area contributed by atoms with E-state index in [0.29, 0.717) is 76.6 Å². The number of halogens is 6. The normalized spacial score (nSPS) is 19.7. The molecular weight excluding hydrogens is 1030 g/mol. The fraction of sp³-hybridized carbons (Fsp3) is 0.500. The van der Waals surface area contributed by atoms with Crippen molar-refractivity contribution in [2.45, 2.75) is 89.8 Å². The number of hydrogen-bond acceptors (Lipinski definition) is 14. The van der Waals surface area contributed by atoms with Crippen LogP contribution >= 0.6 is 0 Å². The lowest BCUT2D eigenvalue weighted by Crippen LogP contribution is -2.39. The zero-order valence-electron chi connectivity index (χ0n) is 44.4. The summed E-state index contributed by atoms with van der Waals surface area (Å²) >= 11 is 0. The summed E-state index contributed by atoms with van der Waals surface area (Å²) in [6, 6.07) is 13.1. The van der Waals surface area contributed by atoms with Gasteiger partial charge in [0.25, 0.3) is 11.8 Å². The van der Waals surface area contributed by atoms with Gasteiger partial charge in [-0.2, -0.15) is 26.3 Å². The van der Waals surface area contributed by atoms with Crippen LogP contribution in [0, 0.1) is 0 Å². The summed E-state index contributed by atoms with van der Waals surface area (Å²) in [5.41, 5.74) is -5.76. The minimum atomic E-state index is -5.02. The molecule has 2 fully saturated rings. The molecule has 78 heavy (non-hydrogen) atoms. The fourth-order valence-electron chi connectivity index (χ4n) is 9.82. The SMILES string of the molecule is CC(C)OC(=O)C1=CN(C(=O)c2ccc(OCCN3CCOCC3)cc2)CC(C)(CCC(C)OC(=O)C2=CN(C(=O)c3ccc(OCCN4CCOCC4)cc3)CC(C)(C)c3occ(C(F)(F)F)c32)c2oc(C(F)(F)F)cc21. The van der Waals surface area contributed by atoms with Gasteiger partial charge in [0.05, 0.1) is 49.8 Å². The maximum Gasteiger partial charge on any atom is 0.449 e. The first-order valence-electron chi connectivity index (χ1n) is 25.8. The lowest BCUT2D eigenvalue weighted by Gasteiger charge is -2.32. The van der Waals surface area contributed by atoms with Crippen LogP contribution in [0.1, 0.15) is 109 Å². The Bertz CT molecular complexity index is 2840. The number of carbonyl (C=O) groups is 4. The van der Waals surface area contributed by atoms with Crippen molar-refractivity contribution < 1.29 is 82.8 Å². The van der Waals surface area contributed by atoms with E-state index in [1.165, 1.54) is 43.0 Å². The first-order chi connectivity index (χ1) is 36.9. The van der Waals surface area contributed by atoms with Crippen LogP contribution in [-0.2, 0) is 51.7 Å². The minimum Gasteiger partial charge on any atom is -0.492 e. The lowest BCUT2D eigenvalue weighted by atomic mass is 9.79. The molecule has 4 aromatic rings. The molecule has 4 aliphatic rings. The van der Waals surface area contributed by atoms with Gasteiger partial charge in [0.15, 0.2) is 0 Å². The maximum absolute atomic E-state index is 14.8. The second-order valence-electron chi connectivity index (χ2n) is 21.0. The van der Waals surface area contributed by atoms with Gasteiger partial charge in [0.1, 0.15) is 48.1 Å². The molecule has 2 aromatic heterocycles. The van der Waals surface area contributed by atoms with Crippen LogP contribution in [0.25, 0.3) is 11.1 Å². The van der Waals surface area contributed by atoms with Gasteiger partial charge in [-0.25, -0.2) is 9.59 Å². The molecule has 0 bridgehead atoms. The highest BCUT2D eigenvalue weighted by Crippen LogP contribution is 2.47. The number of hydrogen-bond donors (Lipinski definition) is 0. The van der Waals surface area contributed by atoms with Crippen LogP contribution in [0.3, 0.4) is 0 Å². The third-order valence-corrected chi connectivity index (χ3v) is 14.0. The Labute approximate surface area is 447 Å². The molecule has 0 radical (unpaired) electrons. The van der Waals surface area contributed by atoms with E-state index >= 15 is 0 Å². The summed E-state index contributed by atoms with van der Waals surface area (Å²) in [5, 5.41) is 0. The molecule has 8 rings (SSSR count). The summed E-state index contributed by atoms with van der Waals surface area (Å²) in [4.78, 5) is 63.8. The molecule has 2 amide bonds. The van der Waals surface area contributed by atoms with Crippen molar-refractivity contribution in [2.24, 2.45) is 0 Å². The number of alkyl halides is 6. The van der Waals surface area contributed by atoms with E-state index in [4.69, 9.17) is 37.3 Å². The quantitative estimate of drug-likeness (QED) is 0.0726. The maximum atomic E-state index is 14.8. The second-order valence-corrected chi connectivity index (χ2v) is 21.0. The lowest BCUT2D eigenvalue weighted by molar-refractivity contribution is -0.154. The van der Waals surface area contributed by atoms with Crippen molar-refractivity contribution in [1.29, 1.82) is 0 Å². The molecule has 0 aliphatic carbocycles. The second kappa shape index (κ2) is 23.8. The Balaban J connectivity index is 1.05. The van der Waals surface area contributed by atoms with E-state index in [1.807, 2.05) is 0 Å². The van der Waals surface area contributed by atoms with Gasteiger partial charge >= 0.3 is 24.3 Å². The van der Waals surface area contributed by atoms with Crippen LogP contribution in [0.5, 0.6) is 11.5 Å². The Kier molecular flexibility index (Phi) is 17.5. The number of furan rings is 2. The van der Waals surface area contributed by atoms with Crippen molar-refractivity contribution in [3.8, 4) is 11.5 Å². The van der Waals surface area contributed by atoms with Crippen molar-refractivity contribution in [1.82, 2.24) is 19.6 Å². The molecule has 422 valence electrons. The third kappa shape index (κ3) is 13.6. The number of nitrogens with zero attached hydrogens (tertiary/aromatic N) is 4. The van der Waals surface area contributed by atoms with E-state index in [-0.39, 0.29) is 59.7 Å². The van der Waals surface area contributed by atoms with E-state index in [0.717, 1.165) is 43.5 Å². The van der Waals surface area contributed by atoms with E-state index in [9.17, 15) is 45.5 Å². The first kappa shape index (κ1) is 57.6. The van der Waals surface area contributed by atoms with Gasteiger partial charge in [-0.1, -0.05) is 20.8 Å². The summed E-state index contributed by atoms with van der Waals surface area (Å²) < 4.78 is 133. The molecule has 2 unspecified atom stereocenters. The van der Waals surface area contributed by atoms with E-state index in [2.05, 4.69) is 9.80 Å². The summed E-state index contributed by atoms with van der Waals surface area (Å²) in [6.07, 6.45) is -9.59. The molecule has 16 nitrogen and oxygen atoms in total. The van der Waals surface area contributed by atoms with Crippen molar-refractivity contribution in [2.75, 3.05) is 92.0 Å². The number of amides is 2. The molecule has 2 atom stereocenters. The summed E-state index contributed by atoms with van der Waals surface area (Å²) in [6.45, 7) is 16.3. The summed E-state index contributed by atoms with van der Waals surface area (Å²) in [5.74, 6) is -4.58. The molecule has 22 heteroatoms. The third-order valence-electron chi connectivity index (χ3n) is 14.0. The number of rotatable bonds is 17. The van der Waals surface area contributed by atoms with Crippen LogP contribution in [0.2, 0.25) is 0 Å². The van der Waals surface area contributed by atoms with Crippen molar-refractivity contribution in [3.05, 3.63) is 118 Å². The highest BCUT2D eigenvalue weighted by atomic mass is 19.4. The average Bonchev–Trinajstić information content (AvgIpc) is 4.26. The van der Waals surface area contributed by atoms with Gasteiger partial charge in [-0.05, 0) is 88.2 Å². The standard InChI is InChI=1S/C56H64F6N4O12/c1-35(2)76-51(69)42-30-66(50(68)38-9-13-40(14-10-38)74-28-22-64-19-25-72-26-20-64)34-54(6,47-41(42)29-45(78-47)56(60,61)62)16-15-36(3)77-52(70)43-31-65(33-53(4,5)48-46(43)44(32-75-48)55(57,58)59)49(67)37-7-11-39(12-8-37)73-27-21-63-17-23-71-24-18-63/h7-14,29-32,35-36H,15-28,33-34H2,1-6H3. The van der Waals surface area contributed by atoms with Gasteiger partial charge < -0.3 is 47.1 Å². The molecule has 2 aromatic carbocycles. The molecule has 0 spiro atoms. The smallest absolute Gasteiger partial charge is 0.449 e.